The van der Waals surface area contributed by atoms with Gasteiger partial charge in [-0.3, -0.25) is 0 Å². The van der Waals surface area contributed by atoms with Gasteiger partial charge in [0.2, 0.25) is 0 Å². The van der Waals surface area contributed by atoms with Gasteiger partial charge in [-0.25, -0.2) is 8.78 Å². The first-order valence-corrected chi connectivity index (χ1v) is 13.0. The lowest BCUT2D eigenvalue weighted by molar-refractivity contribution is -0.0893. The fraction of sp³-hybridized carbons (Fsp3) is 0.419. The van der Waals surface area contributed by atoms with Crippen LogP contribution >= 0.6 is 0 Å². The molecule has 0 saturated heterocycles. The van der Waals surface area contributed by atoms with Crippen molar-refractivity contribution in [2.24, 2.45) is 0 Å². The molecule has 0 atom stereocenters. The lowest BCUT2D eigenvalue weighted by atomic mass is 9.70. The summed E-state index contributed by atoms with van der Waals surface area (Å²) < 4.78 is 34.4. The van der Waals surface area contributed by atoms with Gasteiger partial charge in [-0.15, -0.1) is 0 Å². The molecule has 36 heavy (non-hydrogen) atoms. The summed E-state index contributed by atoms with van der Waals surface area (Å²) >= 11 is 0. The number of rotatable bonds is 9. The quantitative estimate of drug-likeness (QED) is 0.326. The van der Waals surface area contributed by atoms with Gasteiger partial charge >= 0.3 is 7.48 Å². The molecule has 1 aliphatic rings. The smallest absolute Gasteiger partial charge is 0.309 e. The second-order valence-electron chi connectivity index (χ2n) is 11.2. The van der Waals surface area contributed by atoms with Crippen LogP contribution in [-0.4, -0.2) is 23.8 Å². The van der Waals surface area contributed by atoms with Crippen molar-refractivity contribution < 1.29 is 18.5 Å². The largest absolute Gasteiger partial charge is 0.427 e. The number of benzene rings is 3. The van der Waals surface area contributed by atoms with Crippen LogP contribution in [0.5, 0.6) is 0 Å². The molecular formula is C31H37BF2O2. The van der Waals surface area contributed by atoms with Crippen molar-refractivity contribution in [1.82, 2.24) is 0 Å². The lowest BCUT2D eigenvalue weighted by Gasteiger charge is -2.37. The van der Waals surface area contributed by atoms with Gasteiger partial charge in [0.05, 0.1) is 11.2 Å². The Morgan fingerprint density at radius 3 is 1.97 bits per heavy atom. The number of aliphatic hydroxyl groups is 1. The van der Waals surface area contributed by atoms with Crippen LogP contribution in [-0.2, 0) is 10.1 Å². The zero-order valence-corrected chi connectivity index (χ0v) is 22.3. The summed E-state index contributed by atoms with van der Waals surface area (Å²) in [6.45, 7) is 11.8. The van der Waals surface area contributed by atoms with Crippen LogP contribution < -0.4 is 5.46 Å². The monoisotopic (exact) mass is 490 g/mol. The van der Waals surface area contributed by atoms with Gasteiger partial charge < -0.3 is 9.76 Å². The summed E-state index contributed by atoms with van der Waals surface area (Å²) in [6, 6.07) is 16.5. The second-order valence-corrected chi connectivity index (χ2v) is 11.2. The summed E-state index contributed by atoms with van der Waals surface area (Å²) in [5, 5.41) is 10.5. The predicted octanol–water partition coefficient (Wildman–Crippen LogP) is 7.04. The van der Waals surface area contributed by atoms with E-state index in [4.69, 9.17) is 4.65 Å². The summed E-state index contributed by atoms with van der Waals surface area (Å²) in [5.41, 5.74) is 5.31. The highest BCUT2D eigenvalue weighted by Crippen LogP contribution is 2.54. The van der Waals surface area contributed by atoms with E-state index in [-0.39, 0.29) is 5.41 Å². The molecule has 2 nitrogen and oxygen atoms in total. The molecule has 5 heteroatoms. The molecule has 0 fully saturated rings. The minimum Gasteiger partial charge on any atom is -0.427 e. The number of hydrogen-bond acceptors (Lipinski definition) is 2. The van der Waals surface area contributed by atoms with E-state index >= 15 is 0 Å². The topological polar surface area (TPSA) is 29.5 Å². The molecule has 1 N–H and O–H groups in total. The molecule has 0 aromatic heterocycles. The third-order valence-corrected chi connectivity index (χ3v) is 8.09. The van der Waals surface area contributed by atoms with Crippen molar-refractivity contribution in [3.8, 4) is 22.3 Å². The van der Waals surface area contributed by atoms with Gasteiger partial charge in [0.25, 0.3) is 0 Å². The molecule has 0 amide bonds. The van der Waals surface area contributed by atoms with Gasteiger partial charge in [0.1, 0.15) is 11.6 Å². The van der Waals surface area contributed by atoms with E-state index in [1.165, 1.54) is 34.4 Å². The highest BCUT2D eigenvalue weighted by molar-refractivity contribution is 6.47. The van der Waals surface area contributed by atoms with E-state index in [1.807, 2.05) is 19.9 Å². The standard InChI is InChI=1S/C31H37BF2O2/c1-7-15-31(16-8-2)26-17-20(23-14-11-22(33)19-28(23)34)9-12-24(26)25-13-10-21(18-27(25)31)32-36-30(5,6)29(3,4)35/h9-14,17-19,32,35H,7-8,15-16H2,1-6H3. The molecule has 0 unspecified atom stereocenters. The van der Waals surface area contributed by atoms with Gasteiger partial charge in [0, 0.05) is 17.0 Å². The number of fused-ring (bicyclic) bond motifs is 3. The third kappa shape index (κ3) is 4.64. The maximum absolute atomic E-state index is 14.7. The summed E-state index contributed by atoms with van der Waals surface area (Å²) in [4.78, 5) is 0. The van der Waals surface area contributed by atoms with Crippen LogP contribution in [0, 0.1) is 11.6 Å². The van der Waals surface area contributed by atoms with Crippen LogP contribution in [0.3, 0.4) is 0 Å². The molecule has 0 saturated carbocycles. The molecule has 0 aliphatic heterocycles. The van der Waals surface area contributed by atoms with E-state index < -0.39 is 22.8 Å². The van der Waals surface area contributed by atoms with Crippen molar-refractivity contribution in [2.45, 2.75) is 83.8 Å². The Hall–Kier alpha value is -2.50. The lowest BCUT2D eigenvalue weighted by Crippen LogP contribution is -2.49. The summed E-state index contributed by atoms with van der Waals surface area (Å²) in [6.07, 6.45) is 3.99. The first-order chi connectivity index (χ1) is 16.9. The fourth-order valence-corrected chi connectivity index (χ4v) is 5.48. The maximum atomic E-state index is 14.7. The average Bonchev–Trinajstić information content (AvgIpc) is 3.06. The fourth-order valence-electron chi connectivity index (χ4n) is 5.48. The van der Waals surface area contributed by atoms with Gasteiger partial charge in [-0.1, -0.05) is 62.5 Å². The Bertz CT molecular complexity index is 1250. The average molecular weight is 490 g/mol. The molecule has 0 radical (unpaired) electrons. The van der Waals surface area contributed by atoms with Gasteiger partial charge in [0.15, 0.2) is 0 Å². The van der Waals surface area contributed by atoms with Crippen molar-refractivity contribution in [3.05, 3.63) is 77.4 Å². The highest BCUT2D eigenvalue weighted by Gasteiger charge is 2.42. The minimum atomic E-state index is -0.972. The number of halogens is 2. The van der Waals surface area contributed by atoms with Gasteiger partial charge in [-0.05, 0) is 86.6 Å². The Balaban J connectivity index is 1.80. The maximum Gasteiger partial charge on any atom is 0.309 e. The van der Waals surface area contributed by atoms with E-state index in [9.17, 15) is 13.9 Å². The molecule has 0 bridgehead atoms. The van der Waals surface area contributed by atoms with Gasteiger partial charge in [-0.2, -0.15) is 0 Å². The molecular weight excluding hydrogens is 453 g/mol. The molecule has 3 aromatic rings. The van der Waals surface area contributed by atoms with Crippen LogP contribution in [0.4, 0.5) is 8.78 Å². The Morgan fingerprint density at radius 2 is 1.39 bits per heavy atom. The number of hydrogen-bond donors (Lipinski definition) is 1. The van der Waals surface area contributed by atoms with Crippen molar-refractivity contribution in [1.29, 1.82) is 0 Å². The normalized spacial score (nSPS) is 14.5. The zero-order valence-electron chi connectivity index (χ0n) is 22.3. The van der Waals surface area contributed by atoms with E-state index in [0.29, 0.717) is 13.0 Å². The predicted molar refractivity (Wildman–Crippen MR) is 146 cm³/mol. The van der Waals surface area contributed by atoms with Crippen molar-refractivity contribution in [3.63, 3.8) is 0 Å². The summed E-state index contributed by atoms with van der Waals surface area (Å²) in [7, 11) is 0.404. The first-order valence-electron chi connectivity index (χ1n) is 13.0. The van der Waals surface area contributed by atoms with E-state index in [0.717, 1.165) is 42.8 Å². The second kappa shape index (κ2) is 9.76. The van der Waals surface area contributed by atoms with Crippen LogP contribution in [0.25, 0.3) is 22.3 Å². The molecule has 0 spiro atoms. The molecule has 3 aromatic carbocycles. The third-order valence-electron chi connectivity index (χ3n) is 8.09. The highest BCUT2D eigenvalue weighted by atomic mass is 19.1. The molecule has 4 rings (SSSR count). The van der Waals surface area contributed by atoms with Crippen LogP contribution in [0.15, 0.2) is 54.6 Å². The molecule has 1 aliphatic carbocycles. The Kier molecular flexibility index (Phi) is 7.20. The van der Waals surface area contributed by atoms with E-state index in [1.54, 1.807) is 13.8 Å². The molecule has 0 heterocycles. The zero-order chi connectivity index (χ0) is 26.3. The minimum absolute atomic E-state index is 0.178. The van der Waals surface area contributed by atoms with Crippen LogP contribution in [0.2, 0.25) is 0 Å². The Labute approximate surface area is 215 Å². The van der Waals surface area contributed by atoms with Crippen molar-refractivity contribution in [2.75, 3.05) is 0 Å². The first kappa shape index (κ1) is 26.6. The summed E-state index contributed by atoms with van der Waals surface area (Å²) in [5.74, 6) is -1.12. The SMILES string of the molecule is CCCC1(CCC)c2cc(BOC(C)(C)C(C)(C)O)ccc2-c2ccc(-c3ccc(F)cc3F)cc21. The molecule has 190 valence electrons. The van der Waals surface area contributed by atoms with Crippen molar-refractivity contribution >= 4 is 12.9 Å². The van der Waals surface area contributed by atoms with Crippen LogP contribution in [0.1, 0.15) is 78.4 Å². The van der Waals surface area contributed by atoms with E-state index in [2.05, 4.69) is 44.2 Å². The Morgan fingerprint density at radius 1 is 0.806 bits per heavy atom.